The van der Waals surface area contributed by atoms with Crippen molar-refractivity contribution in [2.75, 3.05) is 17.7 Å². The second kappa shape index (κ2) is 10.1. The molecule has 0 spiro atoms. The monoisotopic (exact) mass is 471 g/mol. The van der Waals surface area contributed by atoms with E-state index in [9.17, 15) is 9.59 Å². The number of hydrogen-bond acceptors (Lipinski definition) is 9. The molecule has 0 atom stereocenters. The van der Waals surface area contributed by atoms with Gasteiger partial charge in [-0.15, -0.1) is 0 Å². The number of aromatic nitrogens is 5. The Morgan fingerprint density at radius 1 is 1.03 bits per heavy atom. The molecule has 0 amide bonds. The van der Waals surface area contributed by atoms with E-state index in [1.165, 1.54) is 13.1 Å². The second-order valence-corrected chi connectivity index (χ2v) is 7.73. The molecule has 10 nitrogen and oxygen atoms in total. The molecule has 0 aliphatic heterocycles. The van der Waals surface area contributed by atoms with E-state index < -0.39 is 0 Å². The molecule has 35 heavy (non-hydrogen) atoms. The van der Waals surface area contributed by atoms with Crippen molar-refractivity contribution in [3.63, 3.8) is 0 Å². The highest BCUT2D eigenvalue weighted by Gasteiger charge is 2.18. The Bertz CT molecular complexity index is 1400. The van der Waals surface area contributed by atoms with Gasteiger partial charge in [0.15, 0.2) is 23.1 Å². The van der Waals surface area contributed by atoms with Crippen LogP contribution in [0.15, 0.2) is 55.0 Å². The van der Waals surface area contributed by atoms with Crippen LogP contribution in [-0.2, 0) is 7.05 Å². The Morgan fingerprint density at radius 3 is 2.51 bits per heavy atom. The number of hydrogen-bond donors (Lipinski definition) is 2. The van der Waals surface area contributed by atoms with Gasteiger partial charge in [-0.2, -0.15) is 5.10 Å². The largest absolute Gasteiger partial charge is 0.494 e. The average Bonchev–Trinajstić information content (AvgIpc) is 3.30. The Morgan fingerprint density at radius 2 is 1.83 bits per heavy atom. The van der Waals surface area contributed by atoms with Crippen LogP contribution >= 0.6 is 0 Å². The minimum atomic E-state index is -0.137. The number of carbonyl (C=O) groups excluding carboxylic acids is 2. The standard InChI is InChI=1S/C25H25N7O3/c1-5-21(34)17-13-26-23(30-22-11-7-9-18(29-22)15(2)33)12-20(17)28-19-10-6-8-16(24(19)35-4)25-27-14-32(3)31-25/h6-14H,5H2,1-4H3,(H2,26,28,29,30). The first-order valence-electron chi connectivity index (χ1n) is 11.0. The van der Waals surface area contributed by atoms with Gasteiger partial charge in [0.25, 0.3) is 0 Å². The van der Waals surface area contributed by atoms with Gasteiger partial charge in [-0.05, 0) is 24.3 Å². The van der Waals surface area contributed by atoms with E-state index in [1.54, 1.807) is 56.4 Å². The molecular weight excluding hydrogens is 446 g/mol. The number of ketones is 2. The van der Waals surface area contributed by atoms with E-state index in [0.717, 1.165) is 0 Å². The average molecular weight is 472 g/mol. The van der Waals surface area contributed by atoms with E-state index in [2.05, 4.69) is 30.7 Å². The predicted molar refractivity (Wildman–Crippen MR) is 133 cm³/mol. The molecule has 0 radical (unpaired) electrons. The number of carbonyl (C=O) groups is 2. The summed E-state index contributed by atoms with van der Waals surface area (Å²) < 4.78 is 7.30. The Hall–Kier alpha value is -4.60. The minimum absolute atomic E-state index is 0.0650. The van der Waals surface area contributed by atoms with Crippen LogP contribution in [0, 0.1) is 0 Å². The van der Waals surface area contributed by atoms with Crippen LogP contribution in [0.4, 0.5) is 23.0 Å². The van der Waals surface area contributed by atoms with E-state index in [1.807, 2.05) is 18.2 Å². The highest BCUT2D eigenvalue weighted by molar-refractivity contribution is 6.02. The molecule has 0 saturated heterocycles. The number of Topliss-reactive ketones (excluding diaryl/α,β-unsaturated/α-hetero) is 2. The van der Waals surface area contributed by atoms with Crippen molar-refractivity contribution in [2.45, 2.75) is 20.3 Å². The fourth-order valence-corrected chi connectivity index (χ4v) is 3.51. The quantitative estimate of drug-likeness (QED) is 0.338. The number of rotatable bonds is 9. The van der Waals surface area contributed by atoms with Crippen molar-refractivity contribution in [3.05, 3.63) is 66.2 Å². The number of nitrogens with zero attached hydrogens (tertiary/aromatic N) is 5. The molecule has 178 valence electrons. The van der Waals surface area contributed by atoms with Crippen LogP contribution in [0.2, 0.25) is 0 Å². The van der Waals surface area contributed by atoms with E-state index in [0.29, 0.717) is 57.8 Å². The van der Waals surface area contributed by atoms with Crippen LogP contribution in [0.5, 0.6) is 5.75 Å². The Balaban J connectivity index is 1.72. The highest BCUT2D eigenvalue weighted by atomic mass is 16.5. The molecule has 0 saturated carbocycles. The van der Waals surface area contributed by atoms with Crippen LogP contribution in [0.1, 0.15) is 41.1 Å². The molecule has 10 heteroatoms. The Labute approximate surface area is 202 Å². The topological polar surface area (TPSA) is 124 Å². The van der Waals surface area contributed by atoms with E-state index >= 15 is 0 Å². The number of ether oxygens (including phenoxy) is 1. The minimum Gasteiger partial charge on any atom is -0.494 e. The molecule has 4 rings (SSSR count). The van der Waals surface area contributed by atoms with Gasteiger partial charge < -0.3 is 15.4 Å². The zero-order valence-electron chi connectivity index (χ0n) is 19.9. The van der Waals surface area contributed by atoms with Gasteiger partial charge in [0.05, 0.1) is 29.6 Å². The third kappa shape index (κ3) is 5.16. The fourth-order valence-electron chi connectivity index (χ4n) is 3.51. The van der Waals surface area contributed by atoms with Crippen LogP contribution in [0.3, 0.4) is 0 Å². The first-order valence-corrected chi connectivity index (χ1v) is 11.0. The molecule has 0 bridgehead atoms. The maximum absolute atomic E-state index is 12.7. The number of pyridine rings is 2. The fraction of sp³-hybridized carbons (Fsp3) is 0.200. The third-order valence-corrected chi connectivity index (χ3v) is 5.22. The molecule has 2 N–H and O–H groups in total. The number of nitrogens with one attached hydrogen (secondary N) is 2. The van der Waals surface area contributed by atoms with Gasteiger partial charge in [0, 0.05) is 32.7 Å². The summed E-state index contributed by atoms with van der Waals surface area (Å²) in [5, 5.41) is 10.8. The summed E-state index contributed by atoms with van der Waals surface area (Å²) in [4.78, 5) is 37.3. The lowest BCUT2D eigenvalue weighted by Gasteiger charge is -2.17. The normalized spacial score (nSPS) is 10.6. The van der Waals surface area contributed by atoms with Gasteiger partial charge in [-0.1, -0.05) is 19.1 Å². The number of aryl methyl sites for hydroxylation is 1. The zero-order chi connectivity index (χ0) is 24.9. The van der Waals surface area contributed by atoms with Crippen molar-refractivity contribution in [1.29, 1.82) is 0 Å². The molecular formula is C25H25N7O3. The summed E-state index contributed by atoms with van der Waals surface area (Å²) in [7, 11) is 3.36. The van der Waals surface area contributed by atoms with Crippen molar-refractivity contribution >= 4 is 34.6 Å². The van der Waals surface area contributed by atoms with Gasteiger partial charge in [-0.25, -0.2) is 15.0 Å². The van der Waals surface area contributed by atoms with Crippen molar-refractivity contribution < 1.29 is 14.3 Å². The Kier molecular flexibility index (Phi) is 6.81. The van der Waals surface area contributed by atoms with Gasteiger partial charge >= 0.3 is 0 Å². The summed E-state index contributed by atoms with van der Waals surface area (Å²) in [5.41, 5.74) is 2.67. The van der Waals surface area contributed by atoms with Crippen LogP contribution < -0.4 is 15.4 Å². The molecule has 0 aliphatic rings. The first kappa shape index (κ1) is 23.6. The summed E-state index contributed by atoms with van der Waals surface area (Å²) >= 11 is 0. The van der Waals surface area contributed by atoms with Gasteiger partial charge in [0.1, 0.15) is 23.7 Å². The summed E-state index contributed by atoms with van der Waals surface area (Å²) in [6, 6.07) is 12.4. The summed E-state index contributed by atoms with van der Waals surface area (Å²) in [5.74, 6) is 1.77. The molecule has 0 fully saturated rings. The number of anilines is 4. The lowest BCUT2D eigenvalue weighted by atomic mass is 10.1. The summed E-state index contributed by atoms with van der Waals surface area (Å²) in [6.07, 6.45) is 3.45. The number of para-hydroxylation sites is 1. The van der Waals surface area contributed by atoms with E-state index in [4.69, 9.17) is 4.74 Å². The van der Waals surface area contributed by atoms with Crippen LogP contribution in [0.25, 0.3) is 11.4 Å². The lowest BCUT2D eigenvalue weighted by Crippen LogP contribution is -2.07. The summed E-state index contributed by atoms with van der Waals surface area (Å²) in [6.45, 7) is 3.25. The number of benzene rings is 1. The predicted octanol–water partition coefficient (Wildman–Crippen LogP) is 4.56. The maximum atomic E-state index is 12.7. The van der Waals surface area contributed by atoms with E-state index in [-0.39, 0.29) is 11.6 Å². The molecule has 4 aromatic rings. The van der Waals surface area contributed by atoms with Crippen molar-refractivity contribution in [1.82, 2.24) is 24.7 Å². The molecule has 0 aliphatic carbocycles. The maximum Gasteiger partial charge on any atom is 0.184 e. The van der Waals surface area contributed by atoms with Gasteiger partial charge in [-0.3, -0.25) is 14.3 Å². The third-order valence-electron chi connectivity index (χ3n) is 5.22. The second-order valence-electron chi connectivity index (χ2n) is 7.73. The van der Waals surface area contributed by atoms with Crippen LogP contribution in [-0.4, -0.2) is 43.4 Å². The van der Waals surface area contributed by atoms with Crippen molar-refractivity contribution in [3.8, 4) is 17.1 Å². The lowest BCUT2D eigenvalue weighted by molar-refractivity contribution is 0.0985. The number of methoxy groups -OCH3 is 1. The highest BCUT2D eigenvalue weighted by Crippen LogP contribution is 2.37. The molecule has 3 aromatic heterocycles. The molecule has 3 heterocycles. The molecule has 1 aromatic carbocycles. The SMILES string of the molecule is CCC(=O)c1cnc(Nc2cccc(C(C)=O)n2)cc1Nc1cccc(-c2ncn(C)n2)c1OC. The zero-order valence-corrected chi connectivity index (χ0v) is 19.9. The van der Waals surface area contributed by atoms with Crippen molar-refractivity contribution in [2.24, 2.45) is 7.05 Å². The smallest absolute Gasteiger partial charge is 0.184 e. The molecule has 0 unspecified atom stereocenters. The first-order chi connectivity index (χ1) is 16.9. The van der Waals surface area contributed by atoms with Gasteiger partial charge in [0.2, 0.25) is 0 Å².